The Bertz CT molecular complexity index is 609. The van der Waals surface area contributed by atoms with Gasteiger partial charge in [0.25, 0.3) is 0 Å². The highest BCUT2D eigenvalue weighted by Crippen LogP contribution is 2.23. The van der Waals surface area contributed by atoms with Gasteiger partial charge in [0.1, 0.15) is 0 Å². The van der Waals surface area contributed by atoms with Crippen molar-refractivity contribution in [2.45, 2.75) is 0 Å². The van der Waals surface area contributed by atoms with Crippen molar-refractivity contribution >= 4 is 28.7 Å². The van der Waals surface area contributed by atoms with Crippen LogP contribution in [0.5, 0.6) is 0 Å². The van der Waals surface area contributed by atoms with Crippen LogP contribution in [0.4, 0.5) is 17.1 Å². The average Bonchev–Trinajstić information content (AvgIpc) is 2.55. The van der Waals surface area contributed by atoms with E-state index >= 15 is 0 Å². The topological polar surface area (TPSA) is 31.4 Å². The Balaban J connectivity index is 1.67. The van der Waals surface area contributed by atoms with E-state index in [0.717, 1.165) is 36.9 Å². The summed E-state index contributed by atoms with van der Waals surface area (Å²) in [5, 5.41) is 3.93. The monoisotopic (exact) mass is 302 g/mol. The fraction of sp³-hybridized carbons (Fsp3) is 0.312. The number of anilines is 3. The van der Waals surface area contributed by atoms with Crippen LogP contribution in [0.1, 0.15) is 0 Å². The van der Waals surface area contributed by atoms with Crippen molar-refractivity contribution in [3.05, 3.63) is 47.7 Å². The lowest BCUT2D eigenvalue weighted by atomic mass is 10.2. The van der Waals surface area contributed by atoms with Crippen molar-refractivity contribution in [3.8, 4) is 0 Å². The van der Waals surface area contributed by atoms with Gasteiger partial charge in [0.05, 0.1) is 23.8 Å². The standard InChI is InChI=1S/C16H19ClN4/c1-18-14-10-16(12-19-11-14)21-7-5-20(6-8-21)15-4-2-3-13(17)9-15/h2-4,9-12,18H,5-8H2,1H3. The molecule has 0 amide bonds. The molecule has 0 saturated carbocycles. The molecular weight excluding hydrogens is 284 g/mol. The molecule has 1 N–H and O–H groups in total. The zero-order chi connectivity index (χ0) is 14.7. The molecule has 0 bridgehead atoms. The van der Waals surface area contributed by atoms with E-state index in [1.807, 2.05) is 37.6 Å². The van der Waals surface area contributed by atoms with Crippen LogP contribution < -0.4 is 15.1 Å². The molecule has 2 aromatic rings. The fourth-order valence-electron chi connectivity index (χ4n) is 2.63. The number of hydrogen-bond acceptors (Lipinski definition) is 4. The number of rotatable bonds is 3. The molecule has 3 rings (SSSR count). The van der Waals surface area contributed by atoms with E-state index in [4.69, 9.17) is 11.6 Å². The van der Waals surface area contributed by atoms with Gasteiger partial charge in [-0.3, -0.25) is 4.98 Å². The maximum Gasteiger partial charge on any atom is 0.0574 e. The van der Waals surface area contributed by atoms with Crippen LogP contribution in [0.15, 0.2) is 42.7 Å². The summed E-state index contributed by atoms with van der Waals surface area (Å²) < 4.78 is 0. The minimum absolute atomic E-state index is 0.792. The summed E-state index contributed by atoms with van der Waals surface area (Å²) in [6.45, 7) is 3.96. The Kier molecular flexibility index (Phi) is 4.15. The lowest BCUT2D eigenvalue weighted by molar-refractivity contribution is 0.653. The molecule has 2 heterocycles. The SMILES string of the molecule is CNc1cncc(N2CCN(c3cccc(Cl)c3)CC2)c1. The van der Waals surface area contributed by atoms with Gasteiger partial charge >= 0.3 is 0 Å². The number of nitrogens with one attached hydrogen (secondary N) is 1. The first-order valence-electron chi connectivity index (χ1n) is 7.14. The highest BCUT2D eigenvalue weighted by molar-refractivity contribution is 6.30. The molecule has 1 saturated heterocycles. The minimum Gasteiger partial charge on any atom is -0.387 e. The molecule has 0 aliphatic carbocycles. The summed E-state index contributed by atoms with van der Waals surface area (Å²) in [6.07, 6.45) is 3.77. The summed E-state index contributed by atoms with van der Waals surface area (Å²) in [7, 11) is 1.91. The number of benzene rings is 1. The Morgan fingerprint density at radius 2 is 1.71 bits per heavy atom. The fourth-order valence-corrected chi connectivity index (χ4v) is 2.82. The Morgan fingerprint density at radius 3 is 2.38 bits per heavy atom. The van der Waals surface area contributed by atoms with Crippen LogP contribution in [0.3, 0.4) is 0 Å². The summed E-state index contributed by atoms with van der Waals surface area (Å²) in [6, 6.07) is 10.2. The lowest BCUT2D eigenvalue weighted by Crippen LogP contribution is -2.46. The molecule has 1 aliphatic rings. The van der Waals surface area contributed by atoms with E-state index in [1.54, 1.807) is 0 Å². The summed E-state index contributed by atoms with van der Waals surface area (Å²) >= 11 is 6.07. The van der Waals surface area contributed by atoms with E-state index in [2.05, 4.69) is 32.2 Å². The second kappa shape index (κ2) is 6.22. The van der Waals surface area contributed by atoms with Gasteiger partial charge in [-0.15, -0.1) is 0 Å². The number of halogens is 1. The predicted molar refractivity (Wildman–Crippen MR) is 89.7 cm³/mol. The van der Waals surface area contributed by atoms with Gasteiger partial charge in [0.15, 0.2) is 0 Å². The average molecular weight is 303 g/mol. The molecule has 0 spiro atoms. The smallest absolute Gasteiger partial charge is 0.0574 e. The second-order valence-electron chi connectivity index (χ2n) is 5.14. The second-order valence-corrected chi connectivity index (χ2v) is 5.57. The van der Waals surface area contributed by atoms with Crippen molar-refractivity contribution < 1.29 is 0 Å². The van der Waals surface area contributed by atoms with Gasteiger partial charge in [-0.25, -0.2) is 0 Å². The van der Waals surface area contributed by atoms with Crippen LogP contribution in [0.2, 0.25) is 5.02 Å². The van der Waals surface area contributed by atoms with Crippen molar-refractivity contribution in [1.82, 2.24) is 4.98 Å². The minimum atomic E-state index is 0.792. The number of piperazine rings is 1. The molecular formula is C16H19ClN4. The number of hydrogen-bond donors (Lipinski definition) is 1. The normalized spacial score (nSPS) is 15.1. The molecule has 110 valence electrons. The molecule has 0 radical (unpaired) electrons. The third-order valence-electron chi connectivity index (χ3n) is 3.83. The number of pyridine rings is 1. The van der Waals surface area contributed by atoms with Gasteiger partial charge in [-0.05, 0) is 24.3 Å². The Hall–Kier alpha value is -1.94. The molecule has 4 nitrogen and oxygen atoms in total. The first kappa shape index (κ1) is 14.0. The maximum atomic E-state index is 6.07. The molecule has 1 aromatic heterocycles. The van der Waals surface area contributed by atoms with E-state index in [9.17, 15) is 0 Å². The van der Waals surface area contributed by atoms with Crippen LogP contribution in [-0.2, 0) is 0 Å². The highest BCUT2D eigenvalue weighted by Gasteiger charge is 2.18. The first-order chi connectivity index (χ1) is 10.3. The van der Waals surface area contributed by atoms with E-state index < -0.39 is 0 Å². The summed E-state index contributed by atoms with van der Waals surface area (Å²) in [5.41, 5.74) is 3.42. The van der Waals surface area contributed by atoms with Crippen LogP contribution in [0, 0.1) is 0 Å². The zero-order valence-corrected chi connectivity index (χ0v) is 12.8. The van der Waals surface area contributed by atoms with Crippen molar-refractivity contribution in [3.63, 3.8) is 0 Å². The van der Waals surface area contributed by atoms with Gasteiger partial charge in [0, 0.05) is 43.9 Å². The van der Waals surface area contributed by atoms with Gasteiger partial charge in [-0.2, -0.15) is 0 Å². The van der Waals surface area contributed by atoms with Crippen molar-refractivity contribution in [2.75, 3.05) is 48.3 Å². The largest absolute Gasteiger partial charge is 0.387 e. The summed E-state index contributed by atoms with van der Waals surface area (Å²) in [5.74, 6) is 0. The van der Waals surface area contributed by atoms with Crippen molar-refractivity contribution in [2.24, 2.45) is 0 Å². The third-order valence-corrected chi connectivity index (χ3v) is 4.07. The predicted octanol–water partition coefficient (Wildman–Crippen LogP) is 3.10. The summed E-state index contributed by atoms with van der Waals surface area (Å²) in [4.78, 5) is 9.03. The molecule has 0 unspecified atom stereocenters. The molecule has 21 heavy (non-hydrogen) atoms. The van der Waals surface area contributed by atoms with Crippen molar-refractivity contribution in [1.29, 1.82) is 0 Å². The first-order valence-corrected chi connectivity index (χ1v) is 7.52. The molecule has 1 fully saturated rings. The van der Waals surface area contributed by atoms with Gasteiger partial charge in [-0.1, -0.05) is 17.7 Å². The molecule has 1 aliphatic heterocycles. The quantitative estimate of drug-likeness (QED) is 0.944. The van der Waals surface area contributed by atoms with E-state index in [1.165, 1.54) is 11.4 Å². The van der Waals surface area contributed by atoms with E-state index in [-0.39, 0.29) is 0 Å². The lowest BCUT2D eigenvalue weighted by Gasteiger charge is -2.37. The number of nitrogens with zero attached hydrogens (tertiary/aromatic N) is 3. The molecule has 1 aromatic carbocycles. The van der Waals surface area contributed by atoms with Crippen LogP contribution in [-0.4, -0.2) is 38.2 Å². The number of aromatic nitrogens is 1. The molecule has 5 heteroatoms. The molecule has 0 atom stereocenters. The van der Waals surface area contributed by atoms with Gasteiger partial charge < -0.3 is 15.1 Å². The van der Waals surface area contributed by atoms with Crippen LogP contribution >= 0.6 is 11.6 Å². The maximum absolute atomic E-state index is 6.07. The highest BCUT2D eigenvalue weighted by atomic mass is 35.5. The third kappa shape index (κ3) is 3.22. The van der Waals surface area contributed by atoms with Gasteiger partial charge in [0.2, 0.25) is 0 Å². The Labute approximate surface area is 130 Å². The van der Waals surface area contributed by atoms with E-state index in [0.29, 0.717) is 0 Å². The zero-order valence-electron chi connectivity index (χ0n) is 12.1. The van der Waals surface area contributed by atoms with Crippen LogP contribution in [0.25, 0.3) is 0 Å². The Morgan fingerprint density at radius 1 is 1.00 bits per heavy atom.